The average molecular weight is 222 g/mol. The van der Waals surface area contributed by atoms with Gasteiger partial charge in [-0.1, -0.05) is 6.07 Å². The van der Waals surface area contributed by atoms with Crippen LogP contribution in [0.1, 0.15) is 0 Å². The van der Waals surface area contributed by atoms with Gasteiger partial charge in [-0.15, -0.1) is 0 Å². The molecule has 1 heterocycles. The van der Waals surface area contributed by atoms with Gasteiger partial charge in [-0.05, 0) is 29.3 Å². The molecule has 1 aromatic heterocycles. The molecule has 0 saturated carbocycles. The van der Waals surface area contributed by atoms with Crippen molar-refractivity contribution >= 4 is 21.9 Å². The third kappa shape index (κ3) is 1.71. The van der Waals surface area contributed by atoms with Crippen molar-refractivity contribution in [3.8, 4) is 5.88 Å². The Balaban J connectivity index is 2.82. The van der Waals surface area contributed by atoms with Gasteiger partial charge in [-0.2, -0.15) is 0 Å². The number of benzene rings is 1. The zero-order valence-electron chi connectivity index (χ0n) is 7.97. The maximum absolute atomic E-state index is 11.0. The molecule has 0 saturated heterocycles. The SMILES string of the molecule is COc1nccc2c(S(=O)[O-])cccc12. The zero-order valence-corrected chi connectivity index (χ0v) is 8.78. The van der Waals surface area contributed by atoms with Crippen molar-refractivity contribution in [2.24, 2.45) is 0 Å². The van der Waals surface area contributed by atoms with Crippen molar-refractivity contribution in [1.82, 2.24) is 4.98 Å². The van der Waals surface area contributed by atoms with Gasteiger partial charge >= 0.3 is 0 Å². The van der Waals surface area contributed by atoms with Crippen LogP contribution in [0, 0.1) is 0 Å². The van der Waals surface area contributed by atoms with Gasteiger partial charge in [-0.25, -0.2) is 4.98 Å². The summed E-state index contributed by atoms with van der Waals surface area (Å²) in [5.41, 5.74) is 0. The first-order valence-electron chi connectivity index (χ1n) is 4.25. The Hall–Kier alpha value is -1.46. The Morgan fingerprint density at radius 2 is 2.13 bits per heavy atom. The van der Waals surface area contributed by atoms with E-state index in [2.05, 4.69) is 4.98 Å². The van der Waals surface area contributed by atoms with Crippen molar-refractivity contribution in [3.05, 3.63) is 30.5 Å². The van der Waals surface area contributed by atoms with Crippen molar-refractivity contribution < 1.29 is 13.5 Å². The third-order valence-electron chi connectivity index (χ3n) is 2.10. The number of rotatable bonds is 2. The minimum absolute atomic E-state index is 0.258. The van der Waals surface area contributed by atoms with Crippen molar-refractivity contribution in [2.75, 3.05) is 7.11 Å². The van der Waals surface area contributed by atoms with E-state index in [4.69, 9.17) is 4.74 Å². The molecule has 0 fully saturated rings. The average Bonchev–Trinajstić information content (AvgIpc) is 2.27. The molecule has 4 nitrogen and oxygen atoms in total. The Labute approximate surface area is 89.2 Å². The fraction of sp³-hybridized carbons (Fsp3) is 0.100. The molecule has 2 aromatic rings. The smallest absolute Gasteiger partial charge is 0.221 e. The van der Waals surface area contributed by atoms with Crippen LogP contribution >= 0.6 is 0 Å². The third-order valence-corrected chi connectivity index (χ3v) is 2.82. The summed E-state index contributed by atoms with van der Waals surface area (Å²) in [6.07, 6.45) is 1.53. The lowest BCUT2D eigenvalue weighted by atomic mass is 10.2. The molecular weight excluding hydrogens is 214 g/mol. The first-order valence-corrected chi connectivity index (χ1v) is 5.32. The highest BCUT2D eigenvalue weighted by Crippen LogP contribution is 2.26. The summed E-state index contributed by atoms with van der Waals surface area (Å²) in [4.78, 5) is 4.26. The molecule has 2 rings (SSSR count). The fourth-order valence-corrected chi connectivity index (χ4v) is 2.01. The molecule has 0 aliphatic rings. The molecule has 78 valence electrons. The van der Waals surface area contributed by atoms with Crippen LogP contribution in [0.5, 0.6) is 5.88 Å². The van der Waals surface area contributed by atoms with E-state index in [-0.39, 0.29) is 4.90 Å². The van der Waals surface area contributed by atoms with E-state index in [0.29, 0.717) is 16.7 Å². The summed E-state index contributed by atoms with van der Waals surface area (Å²) in [7, 11) is 1.50. The Morgan fingerprint density at radius 3 is 2.80 bits per heavy atom. The second-order valence-corrected chi connectivity index (χ2v) is 3.82. The summed E-state index contributed by atoms with van der Waals surface area (Å²) < 4.78 is 27.0. The maximum Gasteiger partial charge on any atom is 0.221 e. The van der Waals surface area contributed by atoms with Crippen molar-refractivity contribution in [3.63, 3.8) is 0 Å². The highest BCUT2D eigenvalue weighted by atomic mass is 32.2. The normalized spacial score (nSPS) is 12.7. The molecule has 1 aromatic carbocycles. The summed E-state index contributed by atoms with van der Waals surface area (Å²) in [5, 5.41) is 1.32. The molecule has 5 heteroatoms. The van der Waals surface area contributed by atoms with E-state index in [0.717, 1.165) is 0 Å². The second kappa shape index (κ2) is 3.96. The molecule has 0 spiro atoms. The second-order valence-electron chi connectivity index (χ2n) is 2.91. The number of pyridine rings is 1. The Kier molecular flexibility index (Phi) is 2.66. The minimum Gasteiger partial charge on any atom is -0.768 e. The Morgan fingerprint density at radius 1 is 1.33 bits per heavy atom. The molecule has 0 bridgehead atoms. The van der Waals surface area contributed by atoms with Gasteiger partial charge in [0.25, 0.3) is 0 Å². The predicted octanol–water partition coefficient (Wildman–Crippen LogP) is 1.48. The molecule has 0 radical (unpaired) electrons. The van der Waals surface area contributed by atoms with E-state index < -0.39 is 11.1 Å². The van der Waals surface area contributed by atoms with Crippen LogP contribution in [0.4, 0.5) is 0 Å². The van der Waals surface area contributed by atoms with Crippen LogP contribution < -0.4 is 4.74 Å². The van der Waals surface area contributed by atoms with Gasteiger partial charge in [0.2, 0.25) is 5.88 Å². The van der Waals surface area contributed by atoms with Crippen LogP contribution in [-0.2, 0) is 11.1 Å². The summed E-state index contributed by atoms with van der Waals surface area (Å²) in [5.74, 6) is 0.430. The molecule has 1 atom stereocenters. The quantitative estimate of drug-likeness (QED) is 0.722. The molecule has 0 amide bonds. The van der Waals surface area contributed by atoms with Crippen LogP contribution in [-0.4, -0.2) is 20.9 Å². The number of hydrogen-bond donors (Lipinski definition) is 0. The minimum atomic E-state index is -2.25. The van der Waals surface area contributed by atoms with Gasteiger partial charge in [0, 0.05) is 21.9 Å². The van der Waals surface area contributed by atoms with Crippen molar-refractivity contribution in [2.45, 2.75) is 4.90 Å². The monoisotopic (exact) mass is 222 g/mol. The summed E-state index contributed by atoms with van der Waals surface area (Å²) >= 11 is -2.25. The number of hydrogen-bond acceptors (Lipinski definition) is 4. The first-order chi connectivity index (χ1) is 7.24. The molecule has 0 aliphatic heterocycles. The highest BCUT2D eigenvalue weighted by Gasteiger charge is 2.05. The van der Waals surface area contributed by atoms with Gasteiger partial charge < -0.3 is 9.29 Å². The number of ether oxygens (including phenoxy) is 1. The lowest BCUT2D eigenvalue weighted by molar-refractivity contribution is 0.403. The first kappa shape index (κ1) is 10.1. The predicted molar refractivity (Wildman–Crippen MR) is 55.5 cm³/mol. The fourth-order valence-electron chi connectivity index (χ4n) is 1.46. The number of aromatic nitrogens is 1. The van der Waals surface area contributed by atoms with Gasteiger partial charge in [0.15, 0.2) is 0 Å². The number of methoxy groups -OCH3 is 1. The maximum atomic E-state index is 11.0. The zero-order chi connectivity index (χ0) is 10.8. The van der Waals surface area contributed by atoms with Crippen LogP contribution in [0.3, 0.4) is 0 Å². The van der Waals surface area contributed by atoms with E-state index in [1.165, 1.54) is 13.3 Å². The van der Waals surface area contributed by atoms with E-state index in [1.54, 1.807) is 24.3 Å². The van der Waals surface area contributed by atoms with Crippen LogP contribution in [0.25, 0.3) is 10.8 Å². The lowest BCUT2D eigenvalue weighted by Crippen LogP contribution is -1.93. The Bertz CT molecular complexity index is 527. The molecule has 0 N–H and O–H groups in total. The van der Waals surface area contributed by atoms with Crippen LogP contribution in [0.2, 0.25) is 0 Å². The largest absolute Gasteiger partial charge is 0.768 e. The number of fused-ring (bicyclic) bond motifs is 1. The highest BCUT2D eigenvalue weighted by molar-refractivity contribution is 7.79. The molecule has 1 unspecified atom stereocenters. The van der Waals surface area contributed by atoms with E-state index in [9.17, 15) is 8.76 Å². The summed E-state index contributed by atoms with van der Waals surface area (Å²) in [6.45, 7) is 0. The van der Waals surface area contributed by atoms with E-state index in [1.807, 2.05) is 0 Å². The van der Waals surface area contributed by atoms with Gasteiger partial charge in [0.05, 0.1) is 7.11 Å². The number of nitrogens with zero attached hydrogens (tertiary/aromatic N) is 1. The lowest BCUT2D eigenvalue weighted by Gasteiger charge is -2.10. The summed E-state index contributed by atoms with van der Waals surface area (Å²) in [6, 6.07) is 6.64. The molecule has 15 heavy (non-hydrogen) atoms. The molecule has 0 aliphatic carbocycles. The van der Waals surface area contributed by atoms with E-state index >= 15 is 0 Å². The van der Waals surface area contributed by atoms with Crippen LogP contribution in [0.15, 0.2) is 35.4 Å². The standard InChI is InChI=1S/C10H9NO3S/c1-14-10-8-3-2-4-9(15(12)13)7(8)5-6-11-10/h2-6H,1H3,(H,12,13)/p-1. The van der Waals surface area contributed by atoms with Gasteiger partial charge in [-0.3, -0.25) is 4.21 Å². The van der Waals surface area contributed by atoms with Gasteiger partial charge in [0.1, 0.15) is 0 Å². The molecular formula is C10H8NO3S-. The van der Waals surface area contributed by atoms with Crippen molar-refractivity contribution in [1.29, 1.82) is 0 Å². The topological polar surface area (TPSA) is 62.2 Å².